The van der Waals surface area contributed by atoms with E-state index in [0.29, 0.717) is 55.1 Å². The number of nitrogens with one attached hydrogen (secondary N) is 3. The van der Waals surface area contributed by atoms with Crippen LogP contribution in [-0.2, 0) is 11.3 Å². The Morgan fingerprint density at radius 2 is 1.76 bits per heavy atom. The van der Waals surface area contributed by atoms with Gasteiger partial charge in [0, 0.05) is 37.8 Å². The number of nitrogens with two attached hydrogens (primary N) is 1. The number of likely N-dealkylation sites (tertiary alicyclic amines) is 1. The normalized spacial score (nSPS) is 21.1. The van der Waals surface area contributed by atoms with Crippen molar-refractivity contribution in [1.29, 1.82) is 0 Å². The summed E-state index contributed by atoms with van der Waals surface area (Å²) >= 11 is 0. The molecule has 3 aromatic rings. The van der Waals surface area contributed by atoms with E-state index in [1.807, 2.05) is 11.0 Å². The molecule has 0 spiro atoms. The van der Waals surface area contributed by atoms with Crippen molar-refractivity contribution < 1.29 is 18.3 Å². The minimum atomic E-state index is -0.866. The molecule has 5 N–H and O–H groups in total. The topological polar surface area (TPSA) is 130 Å². The Balaban J connectivity index is 0.947. The van der Waals surface area contributed by atoms with Crippen molar-refractivity contribution in [3.05, 3.63) is 75.8 Å². The molecule has 1 amide bonds. The molecule has 1 aromatic heterocycles. The quantitative estimate of drug-likeness (QED) is 0.164. The van der Waals surface area contributed by atoms with Crippen molar-refractivity contribution in [1.82, 2.24) is 30.0 Å². The van der Waals surface area contributed by atoms with Gasteiger partial charge in [-0.25, -0.2) is 13.6 Å². The molecule has 0 bridgehead atoms. The first kappa shape index (κ1) is 35.5. The lowest BCUT2D eigenvalue weighted by atomic mass is 9.89. The summed E-state index contributed by atoms with van der Waals surface area (Å²) in [7, 11) is 0. The summed E-state index contributed by atoms with van der Waals surface area (Å²) in [4.78, 5) is 35.2. The van der Waals surface area contributed by atoms with Gasteiger partial charge in [-0.1, -0.05) is 12.1 Å². The summed E-state index contributed by atoms with van der Waals surface area (Å²) in [5.41, 5.74) is 7.95. The monoisotopic (exact) mass is 704 g/mol. The molecule has 7 rings (SSSR count). The average molecular weight is 705 g/mol. The number of fused-ring (bicyclic) bond motifs is 2. The third-order valence-corrected chi connectivity index (χ3v) is 11.2. The smallest absolute Gasteiger partial charge is 0.350 e. The molecule has 1 saturated carbocycles. The second-order valence-corrected chi connectivity index (χ2v) is 14.5. The second-order valence-electron chi connectivity index (χ2n) is 14.5. The van der Waals surface area contributed by atoms with Crippen LogP contribution >= 0.6 is 0 Å². The molecule has 0 unspecified atom stereocenters. The van der Waals surface area contributed by atoms with E-state index in [4.69, 9.17) is 10.5 Å². The molecular formula is C38H50F2N8O3. The molecule has 4 aliphatic rings. The third kappa shape index (κ3) is 8.43. The summed E-state index contributed by atoms with van der Waals surface area (Å²) in [6, 6.07) is 10.9. The highest BCUT2D eigenvalue weighted by atomic mass is 19.2. The molecule has 4 heterocycles. The largest absolute Gasteiger partial charge is 0.450 e. The number of benzene rings is 2. The van der Waals surface area contributed by atoms with Crippen LogP contribution in [0.2, 0.25) is 0 Å². The van der Waals surface area contributed by atoms with Crippen molar-refractivity contribution in [3.8, 4) is 11.5 Å². The average Bonchev–Trinajstić information content (AvgIpc) is 3.15. The molecule has 2 saturated heterocycles. The zero-order valence-corrected chi connectivity index (χ0v) is 29.2. The number of amides is 1. The summed E-state index contributed by atoms with van der Waals surface area (Å²) < 4.78 is 35.6. The SMILES string of the molecule is NCCCN[C@H]1CC[C@@H](n2cc3c(nc2=O)Nc2cc(C4CCN(C(=O)CN(Cc5ccc(F)c(F)c5)C5CCNCC5)CC4)ccc2O3)CC1. The van der Waals surface area contributed by atoms with Gasteiger partial charge in [0.05, 0.1) is 18.4 Å². The standard InChI is InChI=1S/C38H50F2N8O3/c39-31-8-2-25(20-32(31)40)22-47(29-10-16-42-17-11-29)24-36(49)46-18-12-26(13-19-46)27-3-9-34-33(21-27)44-37-35(51-34)23-48(38(50)45-37)30-6-4-28(5-7-30)43-15-1-14-41/h2-3,8-9,20-21,23,26,28-30,42-43H,1,4-7,10-19,22,24,41H2,(H,44,45,50)/t28-,30+. The van der Waals surface area contributed by atoms with Crippen molar-refractivity contribution in [3.63, 3.8) is 0 Å². The Morgan fingerprint density at radius 3 is 2.51 bits per heavy atom. The molecule has 274 valence electrons. The van der Waals surface area contributed by atoms with Crippen LogP contribution in [0.3, 0.4) is 0 Å². The maximum absolute atomic E-state index is 14.0. The molecule has 2 aromatic carbocycles. The van der Waals surface area contributed by atoms with Gasteiger partial charge >= 0.3 is 5.69 Å². The second kappa shape index (κ2) is 16.2. The Kier molecular flexibility index (Phi) is 11.3. The highest BCUT2D eigenvalue weighted by Crippen LogP contribution is 2.43. The number of piperidine rings is 2. The van der Waals surface area contributed by atoms with E-state index in [-0.39, 0.29) is 36.1 Å². The summed E-state index contributed by atoms with van der Waals surface area (Å²) in [6.45, 7) is 5.28. The highest BCUT2D eigenvalue weighted by Gasteiger charge is 2.30. The van der Waals surface area contributed by atoms with Crippen LogP contribution in [0.4, 0.5) is 20.3 Å². The van der Waals surface area contributed by atoms with Gasteiger partial charge in [0.15, 0.2) is 29.0 Å². The Labute approximate surface area is 297 Å². The zero-order chi connectivity index (χ0) is 35.3. The zero-order valence-electron chi connectivity index (χ0n) is 29.2. The molecule has 13 heteroatoms. The molecule has 1 aliphatic carbocycles. The van der Waals surface area contributed by atoms with Gasteiger partial charge in [-0.05, 0) is 125 Å². The first-order valence-electron chi connectivity index (χ1n) is 18.7. The fourth-order valence-electron chi connectivity index (χ4n) is 8.17. The maximum Gasteiger partial charge on any atom is 0.350 e. The number of ether oxygens (including phenoxy) is 1. The minimum Gasteiger partial charge on any atom is -0.450 e. The number of carbonyl (C=O) groups is 1. The number of aromatic nitrogens is 2. The molecular weight excluding hydrogens is 654 g/mol. The van der Waals surface area contributed by atoms with E-state index in [9.17, 15) is 18.4 Å². The van der Waals surface area contributed by atoms with Gasteiger partial charge in [0.1, 0.15) is 0 Å². The van der Waals surface area contributed by atoms with Crippen LogP contribution in [-0.4, -0.2) is 83.2 Å². The number of rotatable bonds is 11. The molecule has 11 nitrogen and oxygen atoms in total. The van der Waals surface area contributed by atoms with Crippen molar-refractivity contribution in [2.24, 2.45) is 5.73 Å². The van der Waals surface area contributed by atoms with Gasteiger partial charge in [-0.2, -0.15) is 4.98 Å². The van der Waals surface area contributed by atoms with E-state index >= 15 is 0 Å². The van der Waals surface area contributed by atoms with Crippen LogP contribution in [0, 0.1) is 11.6 Å². The number of nitrogens with zero attached hydrogens (tertiary/aromatic N) is 4. The minimum absolute atomic E-state index is 0.0654. The lowest BCUT2D eigenvalue weighted by Crippen LogP contribution is -2.49. The Morgan fingerprint density at radius 1 is 0.980 bits per heavy atom. The predicted molar refractivity (Wildman–Crippen MR) is 192 cm³/mol. The van der Waals surface area contributed by atoms with Gasteiger partial charge in [-0.15, -0.1) is 0 Å². The lowest BCUT2D eigenvalue weighted by Gasteiger charge is -2.37. The maximum atomic E-state index is 14.0. The van der Waals surface area contributed by atoms with Crippen LogP contribution in [0.1, 0.15) is 80.9 Å². The Bertz CT molecular complexity index is 1730. The molecule has 3 aliphatic heterocycles. The summed E-state index contributed by atoms with van der Waals surface area (Å²) in [5.74, 6) is 0.276. The van der Waals surface area contributed by atoms with E-state index in [0.717, 1.165) is 94.7 Å². The van der Waals surface area contributed by atoms with Gasteiger partial charge in [0.2, 0.25) is 5.91 Å². The lowest BCUT2D eigenvalue weighted by molar-refractivity contribution is -0.134. The van der Waals surface area contributed by atoms with Crippen molar-refractivity contribution in [2.75, 3.05) is 51.1 Å². The molecule has 3 fully saturated rings. The molecule has 51 heavy (non-hydrogen) atoms. The molecule has 0 radical (unpaired) electrons. The first-order chi connectivity index (χ1) is 24.8. The molecule has 0 atom stereocenters. The van der Waals surface area contributed by atoms with Crippen LogP contribution in [0.15, 0.2) is 47.4 Å². The van der Waals surface area contributed by atoms with Gasteiger partial charge < -0.3 is 31.3 Å². The van der Waals surface area contributed by atoms with E-state index < -0.39 is 11.6 Å². The third-order valence-electron chi connectivity index (χ3n) is 11.2. The predicted octanol–water partition coefficient (Wildman–Crippen LogP) is 4.75. The highest BCUT2D eigenvalue weighted by molar-refractivity contribution is 5.78. The van der Waals surface area contributed by atoms with E-state index in [1.165, 1.54) is 6.07 Å². The van der Waals surface area contributed by atoms with Crippen molar-refractivity contribution in [2.45, 2.75) is 88.4 Å². The summed E-state index contributed by atoms with van der Waals surface area (Å²) in [6.07, 6.45) is 10.1. The number of carbonyl (C=O) groups excluding carboxylic acids is 1. The summed E-state index contributed by atoms with van der Waals surface area (Å²) in [5, 5.41) is 10.3. The van der Waals surface area contributed by atoms with Crippen LogP contribution < -0.4 is 32.1 Å². The number of hydrogen-bond acceptors (Lipinski definition) is 9. The number of anilines is 2. The van der Waals surface area contributed by atoms with Gasteiger partial charge in [-0.3, -0.25) is 14.3 Å². The fraction of sp³-hybridized carbons (Fsp3) is 0.553. The van der Waals surface area contributed by atoms with E-state index in [1.54, 1.807) is 16.8 Å². The fourth-order valence-corrected chi connectivity index (χ4v) is 8.17. The van der Waals surface area contributed by atoms with Gasteiger partial charge in [0.25, 0.3) is 0 Å². The first-order valence-corrected chi connectivity index (χ1v) is 18.7. The van der Waals surface area contributed by atoms with E-state index in [2.05, 4.69) is 38.0 Å². The van der Waals surface area contributed by atoms with Crippen LogP contribution in [0.5, 0.6) is 11.5 Å². The van der Waals surface area contributed by atoms with Crippen LogP contribution in [0.25, 0.3) is 0 Å². The number of hydrogen-bond donors (Lipinski definition) is 4. The Hall–Kier alpha value is -3.91. The number of halogens is 2. The van der Waals surface area contributed by atoms with Crippen molar-refractivity contribution >= 4 is 17.4 Å².